The Balaban J connectivity index is 2.17. The normalized spacial score (nSPS) is 11.5. The number of aromatic nitrogens is 2. The van der Waals surface area contributed by atoms with Crippen molar-refractivity contribution in [2.24, 2.45) is 0 Å². The second-order valence-electron chi connectivity index (χ2n) is 4.06. The van der Waals surface area contributed by atoms with E-state index in [1.807, 2.05) is 0 Å². The topological polar surface area (TPSA) is 85.1 Å². The van der Waals surface area contributed by atoms with E-state index in [1.165, 1.54) is 6.07 Å². The van der Waals surface area contributed by atoms with Crippen molar-refractivity contribution in [3.63, 3.8) is 0 Å². The third kappa shape index (κ3) is 3.68. The Hall–Kier alpha value is -1.60. The molecule has 0 unspecified atom stereocenters. The molecular formula is C11H12ClN3O3S. The molecule has 2 rings (SSSR count). The molecule has 2 heterocycles. The second-order valence-corrected chi connectivity index (χ2v) is 6.17. The van der Waals surface area contributed by atoms with E-state index in [1.54, 1.807) is 26.0 Å². The van der Waals surface area contributed by atoms with Gasteiger partial charge < -0.3 is 4.52 Å². The first kappa shape index (κ1) is 13.8. The first-order valence-electron chi connectivity index (χ1n) is 5.41. The fourth-order valence-electron chi connectivity index (χ4n) is 1.52. The molecule has 0 saturated heterocycles. The number of nitrogens with one attached hydrogen (secondary N) is 1. The van der Waals surface area contributed by atoms with Gasteiger partial charge in [0.1, 0.15) is 22.4 Å². The number of halogens is 1. The van der Waals surface area contributed by atoms with E-state index >= 15 is 0 Å². The molecule has 0 fully saturated rings. The lowest BCUT2D eigenvalue weighted by Gasteiger charge is -2.08. The van der Waals surface area contributed by atoms with Gasteiger partial charge in [-0.25, -0.2) is 13.4 Å². The standard InChI is InChI=1S/C11H12ClN3O3S/c1-7-5-9(14-18-7)6-19(16,17)15-10-3-4-11(12)13-8(10)2/h3-5,15H,6H2,1-2H3. The molecule has 2 aromatic rings. The summed E-state index contributed by atoms with van der Waals surface area (Å²) in [5.41, 5.74) is 1.25. The first-order chi connectivity index (χ1) is 8.85. The Bertz CT molecular complexity index is 697. The van der Waals surface area contributed by atoms with Crippen LogP contribution in [0.1, 0.15) is 17.1 Å². The number of pyridine rings is 1. The summed E-state index contributed by atoms with van der Waals surface area (Å²) in [7, 11) is -3.57. The van der Waals surface area contributed by atoms with Gasteiger partial charge in [0.25, 0.3) is 0 Å². The molecule has 0 aliphatic carbocycles. The zero-order chi connectivity index (χ0) is 14.0. The van der Waals surface area contributed by atoms with Crippen LogP contribution in [0.25, 0.3) is 0 Å². The zero-order valence-corrected chi connectivity index (χ0v) is 11.9. The van der Waals surface area contributed by atoms with Crippen molar-refractivity contribution in [1.29, 1.82) is 0 Å². The Kier molecular flexibility index (Phi) is 3.77. The number of hydrogen-bond acceptors (Lipinski definition) is 5. The minimum Gasteiger partial charge on any atom is -0.361 e. The molecule has 0 aliphatic rings. The van der Waals surface area contributed by atoms with Crippen molar-refractivity contribution in [2.45, 2.75) is 19.6 Å². The average Bonchev–Trinajstić information content (AvgIpc) is 2.67. The van der Waals surface area contributed by atoms with Gasteiger partial charge in [-0.15, -0.1) is 0 Å². The van der Waals surface area contributed by atoms with Crippen LogP contribution in [0, 0.1) is 13.8 Å². The summed E-state index contributed by atoms with van der Waals surface area (Å²) in [6.07, 6.45) is 0. The predicted octanol–water partition coefficient (Wildman–Crippen LogP) is 2.28. The second kappa shape index (κ2) is 5.18. The molecule has 0 aliphatic heterocycles. The van der Waals surface area contributed by atoms with Gasteiger partial charge in [0.05, 0.1) is 11.4 Å². The summed E-state index contributed by atoms with van der Waals surface area (Å²) in [6.45, 7) is 3.37. The molecule has 0 radical (unpaired) electrons. The van der Waals surface area contributed by atoms with Crippen LogP contribution in [0.3, 0.4) is 0 Å². The number of aryl methyl sites for hydroxylation is 2. The molecular weight excluding hydrogens is 290 g/mol. The summed E-state index contributed by atoms with van der Waals surface area (Å²) < 4.78 is 31.2. The maximum absolute atomic E-state index is 12.0. The van der Waals surface area contributed by atoms with Crippen LogP contribution >= 0.6 is 11.6 Å². The lowest BCUT2D eigenvalue weighted by atomic mass is 10.3. The van der Waals surface area contributed by atoms with Crippen LogP contribution in [-0.4, -0.2) is 18.6 Å². The average molecular weight is 302 g/mol. The van der Waals surface area contributed by atoms with E-state index in [-0.39, 0.29) is 5.75 Å². The molecule has 102 valence electrons. The van der Waals surface area contributed by atoms with Crippen molar-refractivity contribution in [3.05, 3.63) is 40.5 Å². The molecule has 1 N–H and O–H groups in total. The SMILES string of the molecule is Cc1cc(CS(=O)(=O)Nc2ccc(Cl)nc2C)no1. The minimum atomic E-state index is -3.57. The van der Waals surface area contributed by atoms with Crippen molar-refractivity contribution < 1.29 is 12.9 Å². The Morgan fingerprint density at radius 1 is 1.37 bits per heavy atom. The molecule has 0 spiro atoms. The fraction of sp³-hybridized carbons (Fsp3) is 0.273. The van der Waals surface area contributed by atoms with Crippen LogP contribution in [0.15, 0.2) is 22.7 Å². The van der Waals surface area contributed by atoms with Crippen molar-refractivity contribution >= 4 is 27.3 Å². The van der Waals surface area contributed by atoms with Gasteiger partial charge in [-0.05, 0) is 26.0 Å². The first-order valence-corrected chi connectivity index (χ1v) is 7.44. The number of sulfonamides is 1. The predicted molar refractivity (Wildman–Crippen MR) is 71.5 cm³/mol. The Labute approximate surface area is 115 Å². The van der Waals surface area contributed by atoms with Gasteiger partial charge in [0.2, 0.25) is 10.0 Å². The highest BCUT2D eigenvalue weighted by molar-refractivity contribution is 7.91. The quantitative estimate of drug-likeness (QED) is 0.876. The molecule has 0 bridgehead atoms. The molecule has 0 saturated carbocycles. The van der Waals surface area contributed by atoms with E-state index in [4.69, 9.17) is 16.1 Å². The van der Waals surface area contributed by atoms with E-state index < -0.39 is 10.0 Å². The summed E-state index contributed by atoms with van der Waals surface area (Å²) in [5, 5.41) is 3.96. The highest BCUT2D eigenvalue weighted by atomic mass is 35.5. The van der Waals surface area contributed by atoms with Gasteiger partial charge >= 0.3 is 0 Å². The smallest absolute Gasteiger partial charge is 0.238 e. The summed E-state index contributed by atoms with van der Waals surface area (Å²) in [5.74, 6) is 0.307. The molecule has 6 nitrogen and oxygen atoms in total. The number of rotatable bonds is 4. The van der Waals surface area contributed by atoms with Crippen LogP contribution < -0.4 is 4.72 Å². The maximum Gasteiger partial charge on any atom is 0.238 e. The third-order valence-electron chi connectivity index (χ3n) is 2.33. The van der Waals surface area contributed by atoms with Crippen molar-refractivity contribution in [2.75, 3.05) is 4.72 Å². The summed E-state index contributed by atoms with van der Waals surface area (Å²) in [4.78, 5) is 3.97. The molecule has 0 aromatic carbocycles. The van der Waals surface area contributed by atoms with E-state index in [2.05, 4.69) is 14.9 Å². The molecule has 19 heavy (non-hydrogen) atoms. The summed E-state index contributed by atoms with van der Waals surface area (Å²) in [6, 6.07) is 4.66. The lowest BCUT2D eigenvalue weighted by Crippen LogP contribution is -2.16. The summed E-state index contributed by atoms with van der Waals surface area (Å²) >= 11 is 5.71. The van der Waals surface area contributed by atoms with Crippen LogP contribution in [0.2, 0.25) is 5.15 Å². The highest BCUT2D eigenvalue weighted by Crippen LogP contribution is 2.18. The van der Waals surface area contributed by atoms with Crippen molar-refractivity contribution in [3.8, 4) is 0 Å². The van der Waals surface area contributed by atoms with Gasteiger partial charge in [0.15, 0.2) is 0 Å². The van der Waals surface area contributed by atoms with Crippen LogP contribution in [-0.2, 0) is 15.8 Å². The highest BCUT2D eigenvalue weighted by Gasteiger charge is 2.16. The lowest BCUT2D eigenvalue weighted by molar-refractivity contribution is 0.392. The van der Waals surface area contributed by atoms with Gasteiger partial charge in [-0.2, -0.15) is 0 Å². The minimum absolute atomic E-state index is 0.258. The monoisotopic (exact) mass is 301 g/mol. The largest absolute Gasteiger partial charge is 0.361 e. The van der Waals surface area contributed by atoms with Gasteiger partial charge in [-0.1, -0.05) is 16.8 Å². The zero-order valence-electron chi connectivity index (χ0n) is 10.3. The number of hydrogen-bond donors (Lipinski definition) is 1. The Morgan fingerprint density at radius 3 is 2.68 bits per heavy atom. The van der Waals surface area contributed by atoms with E-state index in [0.717, 1.165) is 0 Å². The third-order valence-corrected chi connectivity index (χ3v) is 3.75. The molecule has 0 amide bonds. The number of anilines is 1. The molecule has 8 heteroatoms. The molecule has 0 atom stereocenters. The van der Waals surface area contributed by atoms with Gasteiger partial charge in [0, 0.05) is 6.07 Å². The van der Waals surface area contributed by atoms with Crippen molar-refractivity contribution in [1.82, 2.24) is 10.1 Å². The van der Waals surface area contributed by atoms with Crippen LogP contribution in [0.4, 0.5) is 5.69 Å². The maximum atomic E-state index is 12.0. The number of nitrogens with zero attached hydrogens (tertiary/aromatic N) is 2. The van der Waals surface area contributed by atoms with E-state index in [0.29, 0.717) is 28.0 Å². The fourth-order valence-corrected chi connectivity index (χ4v) is 2.86. The van der Waals surface area contributed by atoms with E-state index in [9.17, 15) is 8.42 Å². The Morgan fingerprint density at radius 2 is 2.11 bits per heavy atom. The van der Waals surface area contributed by atoms with Crippen LogP contribution in [0.5, 0.6) is 0 Å². The molecule has 2 aromatic heterocycles. The van der Waals surface area contributed by atoms with Gasteiger partial charge in [-0.3, -0.25) is 4.72 Å².